The van der Waals surface area contributed by atoms with Gasteiger partial charge in [0.05, 0.1) is 0 Å². The van der Waals surface area contributed by atoms with Crippen LogP contribution in [0, 0.1) is 6.92 Å². The Morgan fingerprint density at radius 3 is 2.67 bits per heavy atom. The van der Waals surface area contributed by atoms with Crippen LogP contribution in [-0.4, -0.2) is 20.5 Å². The number of carbonyl (C=O) groups excluding carboxylic acids is 1. The van der Waals surface area contributed by atoms with Gasteiger partial charge in [-0.3, -0.25) is 9.20 Å². The van der Waals surface area contributed by atoms with Crippen molar-refractivity contribution in [2.45, 2.75) is 13.5 Å². The van der Waals surface area contributed by atoms with Gasteiger partial charge in [0, 0.05) is 28.3 Å². The number of hydrogen-bond acceptors (Lipinski definition) is 3. The van der Waals surface area contributed by atoms with Crippen molar-refractivity contribution in [1.82, 2.24) is 19.9 Å². The van der Waals surface area contributed by atoms with Crippen LogP contribution in [0.4, 0.5) is 0 Å². The highest BCUT2D eigenvalue weighted by Gasteiger charge is 2.13. The maximum atomic E-state index is 12.5. The van der Waals surface area contributed by atoms with Crippen molar-refractivity contribution in [3.63, 3.8) is 0 Å². The van der Waals surface area contributed by atoms with Crippen molar-refractivity contribution < 1.29 is 4.79 Å². The molecule has 2 heterocycles. The van der Waals surface area contributed by atoms with Gasteiger partial charge >= 0.3 is 0 Å². The van der Waals surface area contributed by atoms with Gasteiger partial charge in [0.25, 0.3) is 5.91 Å². The number of aromatic nitrogens is 3. The summed E-state index contributed by atoms with van der Waals surface area (Å²) in [5, 5.41) is 11.5. The van der Waals surface area contributed by atoms with E-state index in [2.05, 4.69) is 31.4 Å². The number of nitrogens with zero attached hydrogens (tertiary/aromatic N) is 3. The molecule has 0 saturated carbocycles. The fourth-order valence-corrected chi connectivity index (χ4v) is 3.41. The molecule has 4 aromatic rings. The zero-order chi connectivity index (χ0) is 18.8. The Morgan fingerprint density at radius 2 is 1.85 bits per heavy atom. The molecular weight excluding hydrogens is 404 g/mol. The van der Waals surface area contributed by atoms with Crippen LogP contribution in [0.15, 0.2) is 71.3 Å². The lowest BCUT2D eigenvalue weighted by molar-refractivity contribution is 0.0951. The summed E-state index contributed by atoms with van der Waals surface area (Å²) in [5.74, 6) is 0.593. The molecule has 0 aliphatic carbocycles. The first-order chi connectivity index (χ1) is 13.1. The lowest BCUT2D eigenvalue weighted by Crippen LogP contribution is -2.23. The molecule has 0 atom stereocenters. The second-order valence-corrected chi connectivity index (χ2v) is 7.11. The molecule has 27 heavy (non-hydrogen) atoms. The maximum absolute atomic E-state index is 12.5. The third kappa shape index (κ3) is 3.48. The number of hydrogen-bond donors (Lipinski definition) is 1. The van der Waals surface area contributed by atoms with Crippen LogP contribution in [0.5, 0.6) is 0 Å². The average molecular weight is 421 g/mol. The van der Waals surface area contributed by atoms with E-state index in [1.807, 2.05) is 66.1 Å². The standard InChI is InChI=1S/C21H17BrN4O/c1-14-6-2-3-7-16(14)13-23-21(27)15-10-11-26-19(12-15)24-25-20(26)17-8-4-5-9-18(17)22/h2-12H,13H2,1H3,(H,23,27). The van der Waals surface area contributed by atoms with Gasteiger partial charge in [0.2, 0.25) is 0 Å². The number of benzene rings is 2. The number of rotatable bonds is 4. The first-order valence-electron chi connectivity index (χ1n) is 8.56. The summed E-state index contributed by atoms with van der Waals surface area (Å²) < 4.78 is 2.82. The Bertz CT molecular complexity index is 1140. The van der Waals surface area contributed by atoms with Crippen LogP contribution in [-0.2, 0) is 6.54 Å². The third-order valence-corrected chi connectivity index (χ3v) is 5.18. The van der Waals surface area contributed by atoms with Crippen LogP contribution < -0.4 is 5.32 Å². The van der Waals surface area contributed by atoms with Crippen LogP contribution in [0.25, 0.3) is 17.0 Å². The predicted molar refractivity (Wildman–Crippen MR) is 108 cm³/mol. The van der Waals surface area contributed by atoms with Crippen LogP contribution in [0.3, 0.4) is 0 Å². The number of carbonyl (C=O) groups is 1. The summed E-state index contributed by atoms with van der Waals surface area (Å²) in [4.78, 5) is 12.5. The Balaban J connectivity index is 1.58. The molecule has 6 heteroatoms. The van der Waals surface area contributed by atoms with E-state index in [-0.39, 0.29) is 5.91 Å². The topological polar surface area (TPSA) is 59.3 Å². The summed E-state index contributed by atoms with van der Waals surface area (Å²) in [5.41, 5.74) is 4.39. The van der Waals surface area contributed by atoms with Crippen LogP contribution >= 0.6 is 15.9 Å². The van der Waals surface area contributed by atoms with E-state index in [1.165, 1.54) is 0 Å². The predicted octanol–water partition coefficient (Wildman–Crippen LogP) is 4.40. The molecule has 0 bridgehead atoms. The number of halogens is 1. The van der Waals surface area contributed by atoms with Gasteiger partial charge in [0.1, 0.15) is 0 Å². The van der Waals surface area contributed by atoms with Crippen molar-refractivity contribution in [3.05, 3.63) is 88.0 Å². The molecule has 0 aliphatic rings. The largest absolute Gasteiger partial charge is 0.348 e. The van der Waals surface area contributed by atoms with E-state index in [1.54, 1.807) is 12.1 Å². The van der Waals surface area contributed by atoms with Gasteiger partial charge in [-0.25, -0.2) is 0 Å². The molecule has 1 N–H and O–H groups in total. The Kier molecular flexibility index (Phi) is 4.73. The maximum Gasteiger partial charge on any atom is 0.251 e. The molecule has 0 spiro atoms. The lowest BCUT2D eigenvalue weighted by atomic mass is 10.1. The Labute approximate surface area is 165 Å². The van der Waals surface area contributed by atoms with Gasteiger partial charge < -0.3 is 5.32 Å². The first-order valence-corrected chi connectivity index (χ1v) is 9.35. The van der Waals surface area contributed by atoms with Crippen molar-refractivity contribution in [2.24, 2.45) is 0 Å². The number of amides is 1. The summed E-state index contributed by atoms with van der Waals surface area (Å²) in [6.45, 7) is 2.53. The molecule has 0 unspecified atom stereocenters. The van der Waals surface area contributed by atoms with Crippen LogP contribution in [0.1, 0.15) is 21.5 Å². The molecule has 2 aromatic heterocycles. The van der Waals surface area contributed by atoms with Crippen LogP contribution in [0.2, 0.25) is 0 Å². The van der Waals surface area contributed by atoms with E-state index in [0.29, 0.717) is 17.8 Å². The molecule has 1 amide bonds. The summed E-state index contributed by atoms with van der Waals surface area (Å²) in [6, 6.07) is 19.4. The zero-order valence-electron chi connectivity index (χ0n) is 14.7. The summed E-state index contributed by atoms with van der Waals surface area (Å²) in [7, 11) is 0. The average Bonchev–Trinajstić information content (AvgIpc) is 3.10. The van der Waals surface area contributed by atoms with Gasteiger partial charge in [-0.1, -0.05) is 58.4 Å². The quantitative estimate of drug-likeness (QED) is 0.532. The third-order valence-electron chi connectivity index (χ3n) is 4.49. The van der Waals surface area contributed by atoms with E-state index >= 15 is 0 Å². The van der Waals surface area contributed by atoms with Crippen molar-refractivity contribution >= 4 is 27.5 Å². The molecule has 5 nitrogen and oxygen atoms in total. The van der Waals surface area contributed by atoms with E-state index in [4.69, 9.17) is 0 Å². The minimum Gasteiger partial charge on any atom is -0.348 e. The first kappa shape index (κ1) is 17.4. The molecule has 2 aromatic carbocycles. The molecule has 0 aliphatic heterocycles. The number of pyridine rings is 1. The lowest BCUT2D eigenvalue weighted by Gasteiger charge is -2.08. The molecule has 0 saturated heterocycles. The van der Waals surface area contributed by atoms with Gasteiger partial charge in [-0.15, -0.1) is 10.2 Å². The Morgan fingerprint density at radius 1 is 1.07 bits per heavy atom. The fraction of sp³-hybridized carbons (Fsp3) is 0.0952. The molecule has 0 fully saturated rings. The van der Waals surface area contributed by atoms with Gasteiger partial charge in [0.15, 0.2) is 11.5 Å². The minimum absolute atomic E-state index is 0.133. The normalized spacial score (nSPS) is 10.9. The number of nitrogens with one attached hydrogen (secondary N) is 1. The van der Waals surface area contributed by atoms with Crippen molar-refractivity contribution in [1.29, 1.82) is 0 Å². The number of aryl methyl sites for hydroxylation is 1. The Hall–Kier alpha value is -2.99. The minimum atomic E-state index is -0.133. The second kappa shape index (κ2) is 7.32. The fourth-order valence-electron chi connectivity index (χ4n) is 2.94. The van der Waals surface area contributed by atoms with E-state index in [9.17, 15) is 4.79 Å². The zero-order valence-corrected chi connectivity index (χ0v) is 16.3. The van der Waals surface area contributed by atoms with Gasteiger partial charge in [-0.2, -0.15) is 0 Å². The molecule has 134 valence electrons. The summed E-state index contributed by atoms with van der Waals surface area (Å²) in [6.07, 6.45) is 1.83. The highest BCUT2D eigenvalue weighted by molar-refractivity contribution is 9.10. The van der Waals surface area contributed by atoms with Gasteiger partial charge in [-0.05, 0) is 36.2 Å². The highest BCUT2D eigenvalue weighted by Crippen LogP contribution is 2.26. The smallest absolute Gasteiger partial charge is 0.251 e. The molecular formula is C21H17BrN4O. The summed E-state index contributed by atoms with van der Waals surface area (Å²) >= 11 is 3.54. The molecule has 0 radical (unpaired) electrons. The molecule has 4 rings (SSSR count). The second-order valence-electron chi connectivity index (χ2n) is 6.26. The number of fused-ring (bicyclic) bond motifs is 1. The van der Waals surface area contributed by atoms with Crippen molar-refractivity contribution in [3.8, 4) is 11.4 Å². The van der Waals surface area contributed by atoms with Crippen molar-refractivity contribution in [2.75, 3.05) is 0 Å². The highest BCUT2D eigenvalue weighted by atomic mass is 79.9. The van der Waals surface area contributed by atoms with E-state index < -0.39 is 0 Å². The monoisotopic (exact) mass is 420 g/mol. The van der Waals surface area contributed by atoms with E-state index in [0.717, 1.165) is 27.0 Å². The SMILES string of the molecule is Cc1ccccc1CNC(=O)c1ccn2c(-c3ccccc3Br)nnc2c1.